The van der Waals surface area contributed by atoms with Crippen LogP contribution in [0.4, 0.5) is 10.7 Å². The van der Waals surface area contributed by atoms with Gasteiger partial charge in [0, 0.05) is 26.2 Å². The van der Waals surface area contributed by atoms with E-state index in [-0.39, 0.29) is 14.9 Å². The average molecular weight is 333 g/mol. The first kappa shape index (κ1) is 16.2. The third-order valence-corrected chi connectivity index (χ3v) is 7.22. The minimum atomic E-state index is -3.64. The third-order valence-electron chi connectivity index (χ3n) is 3.77. The second kappa shape index (κ2) is 6.29. The van der Waals surface area contributed by atoms with Crippen molar-refractivity contribution >= 4 is 32.0 Å². The lowest BCUT2D eigenvalue weighted by molar-refractivity contribution is -0.383. The summed E-state index contributed by atoms with van der Waals surface area (Å²) in [6, 6.07) is 1.15. The van der Waals surface area contributed by atoms with E-state index in [9.17, 15) is 18.5 Å². The molecule has 1 unspecified atom stereocenters. The monoisotopic (exact) mass is 333 g/mol. The first-order valence-corrected chi connectivity index (χ1v) is 9.12. The van der Waals surface area contributed by atoms with Crippen LogP contribution in [-0.4, -0.2) is 37.8 Å². The minimum absolute atomic E-state index is 0.0373. The highest BCUT2D eigenvalue weighted by molar-refractivity contribution is 7.91. The maximum absolute atomic E-state index is 12.6. The van der Waals surface area contributed by atoms with E-state index in [0.29, 0.717) is 19.0 Å². The molecule has 1 N–H and O–H groups in total. The zero-order valence-electron chi connectivity index (χ0n) is 12.0. The Kier molecular flexibility index (Phi) is 4.84. The van der Waals surface area contributed by atoms with Gasteiger partial charge in [-0.3, -0.25) is 10.1 Å². The van der Waals surface area contributed by atoms with Gasteiger partial charge in [0.25, 0.3) is 10.0 Å². The summed E-state index contributed by atoms with van der Waals surface area (Å²) in [5.41, 5.74) is -0.190. The first-order valence-electron chi connectivity index (χ1n) is 6.86. The van der Waals surface area contributed by atoms with Crippen LogP contribution in [0.25, 0.3) is 0 Å². The number of rotatable bonds is 5. The molecule has 1 aliphatic rings. The molecule has 0 radical (unpaired) electrons. The predicted octanol–water partition coefficient (Wildman–Crippen LogP) is 2.51. The highest BCUT2D eigenvalue weighted by Gasteiger charge is 2.33. The minimum Gasteiger partial charge on any atom is -0.374 e. The van der Waals surface area contributed by atoms with Gasteiger partial charge in [-0.25, -0.2) is 8.42 Å². The molecule has 0 bridgehead atoms. The van der Waals surface area contributed by atoms with E-state index in [1.165, 1.54) is 4.31 Å². The average Bonchev–Trinajstić information content (AvgIpc) is 2.92. The topological polar surface area (TPSA) is 92.5 Å². The zero-order chi connectivity index (χ0) is 15.6. The van der Waals surface area contributed by atoms with E-state index < -0.39 is 14.9 Å². The van der Waals surface area contributed by atoms with Crippen LogP contribution in [-0.2, 0) is 10.0 Å². The summed E-state index contributed by atoms with van der Waals surface area (Å²) in [6.45, 7) is 3.04. The fourth-order valence-electron chi connectivity index (χ4n) is 2.51. The Bertz CT molecular complexity index is 626. The van der Waals surface area contributed by atoms with Crippen LogP contribution in [0.15, 0.2) is 10.3 Å². The molecule has 1 fully saturated rings. The van der Waals surface area contributed by atoms with Gasteiger partial charge in [0.1, 0.15) is 4.21 Å². The Morgan fingerprint density at radius 2 is 2.29 bits per heavy atom. The summed E-state index contributed by atoms with van der Waals surface area (Å²) >= 11 is 0.915. The van der Waals surface area contributed by atoms with Gasteiger partial charge in [-0.05, 0) is 18.8 Å². The number of hydrogen-bond acceptors (Lipinski definition) is 6. The van der Waals surface area contributed by atoms with Crippen LogP contribution in [0.1, 0.15) is 26.2 Å². The predicted molar refractivity (Wildman–Crippen MR) is 82.3 cm³/mol. The quantitative estimate of drug-likeness (QED) is 0.660. The summed E-state index contributed by atoms with van der Waals surface area (Å²) in [5.74, 6) is 0.368. The molecule has 2 heterocycles. The van der Waals surface area contributed by atoms with Gasteiger partial charge in [0.05, 0.1) is 4.92 Å². The molecular formula is C12H19N3O4S2. The summed E-state index contributed by atoms with van der Waals surface area (Å²) in [7, 11) is -2.10. The second-order valence-corrected chi connectivity index (χ2v) is 8.28. The highest BCUT2D eigenvalue weighted by atomic mass is 32.2. The van der Waals surface area contributed by atoms with E-state index in [1.54, 1.807) is 7.05 Å². The van der Waals surface area contributed by atoms with Crippen molar-refractivity contribution in [2.45, 2.75) is 30.4 Å². The van der Waals surface area contributed by atoms with Crippen molar-refractivity contribution in [3.8, 4) is 0 Å². The Labute approximate surface area is 128 Å². The molecule has 0 saturated carbocycles. The zero-order valence-corrected chi connectivity index (χ0v) is 13.7. The number of piperidine rings is 1. The van der Waals surface area contributed by atoms with Crippen LogP contribution in [0.2, 0.25) is 0 Å². The smallest absolute Gasteiger partial charge is 0.304 e. The normalized spacial score (nSPS) is 20.4. The van der Waals surface area contributed by atoms with Gasteiger partial charge >= 0.3 is 5.69 Å². The molecule has 1 atom stereocenters. The van der Waals surface area contributed by atoms with Crippen molar-refractivity contribution in [1.82, 2.24) is 4.31 Å². The van der Waals surface area contributed by atoms with Crippen LogP contribution >= 0.6 is 11.3 Å². The molecule has 1 saturated heterocycles. The number of nitrogens with zero attached hydrogens (tertiary/aromatic N) is 2. The van der Waals surface area contributed by atoms with Gasteiger partial charge in [-0.1, -0.05) is 24.7 Å². The molecule has 1 aromatic heterocycles. The summed E-state index contributed by atoms with van der Waals surface area (Å²) in [6.07, 6.45) is 2.82. The number of sulfonamides is 1. The number of nitro groups is 1. The molecule has 0 spiro atoms. The second-order valence-electron chi connectivity index (χ2n) is 5.07. The van der Waals surface area contributed by atoms with E-state index in [1.807, 2.05) is 0 Å². The Morgan fingerprint density at radius 3 is 2.81 bits per heavy atom. The van der Waals surface area contributed by atoms with Crippen LogP contribution < -0.4 is 5.32 Å². The number of nitrogens with one attached hydrogen (secondary N) is 1. The van der Waals surface area contributed by atoms with Gasteiger partial charge < -0.3 is 5.32 Å². The molecule has 0 aromatic carbocycles. The SMILES string of the molecule is CCC1CCCN(S(=O)(=O)c2cc([N+](=O)[O-])c(NC)s2)C1. The van der Waals surface area contributed by atoms with E-state index in [2.05, 4.69) is 12.2 Å². The summed E-state index contributed by atoms with van der Waals surface area (Å²) in [4.78, 5) is 10.4. The van der Waals surface area contributed by atoms with E-state index in [4.69, 9.17) is 0 Å². The van der Waals surface area contributed by atoms with Crippen molar-refractivity contribution in [1.29, 1.82) is 0 Å². The Morgan fingerprint density at radius 1 is 1.57 bits per heavy atom. The van der Waals surface area contributed by atoms with Crippen molar-refractivity contribution in [3.63, 3.8) is 0 Å². The fraction of sp³-hybridized carbons (Fsp3) is 0.667. The molecular weight excluding hydrogens is 314 g/mol. The van der Waals surface area contributed by atoms with Gasteiger partial charge in [-0.15, -0.1) is 0 Å². The van der Waals surface area contributed by atoms with E-state index in [0.717, 1.165) is 36.7 Å². The van der Waals surface area contributed by atoms with Crippen LogP contribution in [0.5, 0.6) is 0 Å². The molecule has 118 valence electrons. The maximum Gasteiger partial charge on any atom is 0.304 e. The van der Waals surface area contributed by atoms with Crippen molar-refractivity contribution in [2.24, 2.45) is 5.92 Å². The third kappa shape index (κ3) is 3.19. The summed E-state index contributed by atoms with van der Waals surface area (Å²) in [5, 5.41) is 13.9. The Hall–Kier alpha value is -1.19. The molecule has 9 heteroatoms. The van der Waals surface area contributed by atoms with Crippen molar-refractivity contribution in [3.05, 3.63) is 16.2 Å². The lowest BCUT2D eigenvalue weighted by atomic mass is 9.97. The lowest BCUT2D eigenvalue weighted by Crippen LogP contribution is -2.39. The lowest BCUT2D eigenvalue weighted by Gasteiger charge is -2.30. The van der Waals surface area contributed by atoms with Gasteiger partial charge in [0.2, 0.25) is 0 Å². The van der Waals surface area contributed by atoms with Crippen LogP contribution in [0.3, 0.4) is 0 Å². The molecule has 21 heavy (non-hydrogen) atoms. The molecule has 2 rings (SSSR count). The van der Waals surface area contributed by atoms with E-state index >= 15 is 0 Å². The maximum atomic E-state index is 12.6. The molecule has 0 amide bonds. The molecule has 1 aromatic rings. The van der Waals surface area contributed by atoms with Gasteiger partial charge in [-0.2, -0.15) is 4.31 Å². The highest BCUT2D eigenvalue weighted by Crippen LogP contribution is 2.38. The molecule has 1 aliphatic heterocycles. The standard InChI is InChI=1S/C12H19N3O4S2/c1-3-9-5-4-6-14(8-9)21(18,19)11-7-10(15(16)17)12(13-2)20-11/h7,9,13H,3-6,8H2,1-2H3. The van der Waals surface area contributed by atoms with Crippen molar-refractivity contribution < 1.29 is 13.3 Å². The molecule has 7 nitrogen and oxygen atoms in total. The number of hydrogen-bond donors (Lipinski definition) is 1. The molecule has 0 aliphatic carbocycles. The van der Waals surface area contributed by atoms with Crippen LogP contribution in [0, 0.1) is 16.0 Å². The fourth-order valence-corrected chi connectivity index (χ4v) is 5.50. The Balaban J connectivity index is 2.33. The number of anilines is 1. The van der Waals surface area contributed by atoms with Gasteiger partial charge in [0.15, 0.2) is 5.00 Å². The van der Waals surface area contributed by atoms with Crippen molar-refractivity contribution in [2.75, 3.05) is 25.5 Å². The first-order chi connectivity index (χ1) is 9.90. The summed E-state index contributed by atoms with van der Waals surface area (Å²) < 4.78 is 26.8. The number of thiophene rings is 1. The largest absolute Gasteiger partial charge is 0.374 e.